The van der Waals surface area contributed by atoms with Crippen molar-refractivity contribution in [2.24, 2.45) is 0 Å². The van der Waals surface area contributed by atoms with Gasteiger partial charge >= 0.3 is 0 Å². The van der Waals surface area contributed by atoms with Crippen molar-refractivity contribution in [3.63, 3.8) is 0 Å². The summed E-state index contributed by atoms with van der Waals surface area (Å²) in [5, 5.41) is 16.6. The lowest BCUT2D eigenvalue weighted by Crippen LogP contribution is -2.23. The molecule has 1 amide bonds. The first-order chi connectivity index (χ1) is 11.5. The molecule has 0 spiro atoms. The predicted octanol–water partition coefficient (Wildman–Crippen LogP) is 3.41. The van der Waals surface area contributed by atoms with Gasteiger partial charge in [0.25, 0.3) is 5.69 Å². The van der Waals surface area contributed by atoms with Crippen LogP contribution in [0.3, 0.4) is 0 Å². The van der Waals surface area contributed by atoms with E-state index in [1.165, 1.54) is 17.7 Å². The first-order valence-electron chi connectivity index (χ1n) is 7.85. The highest BCUT2D eigenvalue weighted by Crippen LogP contribution is 2.15. The Morgan fingerprint density at radius 3 is 2.38 bits per heavy atom. The van der Waals surface area contributed by atoms with Crippen LogP contribution in [0.2, 0.25) is 0 Å². The summed E-state index contributed by atoms with van der Waals surface area (Å²) in [4.78, 5) is 21.9. The fourth-order valence-corrected chi connectivity index (χ4v) is 2.18. The van der Waals surface area contributed by atoms with Gasteiger partial charge in [-0.3, -0.25) is 14.9 Å². The van der Waals surface area contributed by atoms with Crippen LogP contribution in [0.25, 0.3) is 0 Å². The summed E-state index contributed by atoms with van der Waals surface area (Å²) in [6.07, 6.45) is 1.13. The molecule has 6 heteroatoms. The van der Waals surface area contributed by atoms with Gasteiger partial charge in [-0.15, -0.1) is 0 Å². The molecule has 2 aromatic carbocycles. The molecule has 2 rings (SSSR count). The van der Waals surface area contributed by atoms with Gasteiger partial charge in [0.1, 0.15) is 0 Å². The van der Waals surface area contributed by atoms with Crippen molar-refractivity contribution in [3.8, 4) is 0 Å². The van der Waals surface area contributed by atoms with Gasteiger partial charge in [0.15, 0.2) is 0 Å². The minimum Gasteiger partial charge on any atom is -0.385 e. The van der Waals surface area contributed by atoms with Crippen molar-refractivity contribution in [2.45, 2.75) is 26.3 Å². The third-order valence-corrected chi connectivity index (χ3v) is 3.60. The number of amides is 1. The van der Waals surface area contributed by atoms with E-state index in [0.29, 0.717) is 25.9 Å². The van der Waals surface area contributed by atoms with Crippen LogP contribution < -0.4 is 10.6 Å². The quantitative estimate of drug-likeness (QED) is 0.442. The fourth-order valence-electron chi connectivity index (χ4n) is 2.18. The molecule has 0 saturated carbocycles. The Labute approximate surface area is 141 Å². The molecule has 0 saturated heterocycles. The standard InChI is InChI=1S/C18H21N3O3/c1-14-4-6-15(7-5-14)13-20-18(22)3-2-12-19-16-8-10-17(11-9-16)21(23)24/h4-11,19H,2-3,12-13H2,1H3,(H,20,22). The second-order valence-electron chi connectivity index (χ2n) is 5.60. The summed E-state index contributed by atoms with van der Waals surface area (Å²) in [6.45, 7) is 3.20. The van der Waals surface area contributed by atoms with E-state index in [1.807, 2.05) is 31.2 Å². The van der Waals surface area contributed by atoms with Crippen LogP contribution in [-0.2, 0) is 11.3 Å². The molecular weight excluding hydrogens is 306 g/mol. The number of non-ortho nitro benzene ring substituents is 1. The summed E-state index contributed by atoms with van der Waals surface area (Å²) in [6, 6.07) is 14.3. The Morgan fingerprint density at radius 2 is 1.75 bits per heavy atom. The van der Waals surface area contributed by atoms with E-state index < -0.39 is 4.92 Å². The summed E-state index contributed by atoms with van der Waals surface area (Å²) in [7, 11) is 0. The molecule has 0 heterocycles. The Morgan fingerprint density at radius 1 is 1.08 bits per heavy atom. The number of nitro benzene ring substituents is 1. The van der Waals surface area contributed by atoms with Crippen LogP contribution in [0.4, 0.5) is 11.4 Å². The molecule has 0 fully saturated rings. The molecule has 0 aliphatic heterocycles. The van der Waals surface area contributed by atoms with Gasteiger partial charge in [0.05, 0.1) is 4.92 Å². The minimum atomic E-state index is -0.428. The highest BCUT2D eigenvalue weighted by Gasteiger charge is 2.04. The van der Waals surface area contributed by atoms with Crippen molar-refractivity contribution in [1.82, 2.24) is 5.32 Å². The maximum atomic E-state index is 11.8. The molecule has 0 bridgehead atoms. The zero-order chi connectivity index (χ0) is 17.4. The number of rotatable bonds is 8. The highest BCUT2D eigenvalue weighted by molar-refractivity contribution is 5.75. The highest BCUT2D eigenvalue weighted by atomic mass is 16.6. The number of aryl methyl sites for hydroxylation is 1. The van der Waals surface area contributed by atoms with E-state index in [2.05, 4.69) is 10.6 Å². The van der Waals surface area contributed by atoms with Gasteiger partial charge in [-0.05, 0) is 31.0 Å². The third-order valence-electron chi connectivity index (χ3n) is 3.60. The second kappa shape index (κ2) is 8.67. The topological polar surface area (TPSA) is 84.3 Å². The van der Waals surface area contributed by atoms with Crippen LogP contribution in [0.5, 0.6) is 0 Å². The molecule has 2 aromatic rings. The van der Waals surface area contributed by atoms with Crippen molar-refractivity contribution < 1.29 is 9.72 Å². The number of anilines is 1. The number of carbonyl (C=O) groups is 1. The fraction of sp³-hybridized carbons (Fsp3) is 0.278. The van der Waals surface area contributed by atoms with Gasteiger partial charge in [-0.1, -0.05) is 29.8 Å². The van der Waals surface area contributed by atoms with E-state index in [4.69, 9.17) is 0 Å². The van der Waals surface area contributed by atoms with Crippen molar-refractivity contribution in [3.05, 3.63) is 69.8 Å². The number of nitro groups is 1. The minimum absolute atomic E-state index is 0.0149. The van der Waals surface area contributed by atoms with Crippen LogP contribution in [-0.4, -0.2) is 17.4 Å². The van der Waals surface area contributed by atoms with Crippen LogP contribution in [0, 0.1) is 17.0 Å². The van der Waals surface area contributed by atoms with Gasteiger partial charge in [0.2, 0.25) is 5.91 Å². The van der Waals surface area contributed by atoms with Gasteiger partial charge in [0, 0.05) is 37.3 Å². The maximum Gasteiger partial charge on any atom is 0.269 e. The monoisotopic (exact) mass is 327 g/mol. The first-order valence-corrected chi connectivity index (χ1v) is 7.85. The normalized spacial score (nSPS) is 10.2. The summed E-state index contributed by atoms with van der Waals surface area (Å²) in [5.74, 6) is 0.0149. The van der Waals surface area contributed by atoms with E-state index >= 15 is 0 Å². The SMILES string of the molecule is Cc1ccc(CNC(=O)CCCNc2ccc([N+](=O)[O-])cc2)cc1. The third kappa shape index (κ3) is 5.72. The van der Waals surface area contributed by atoms with Crippen molar-refractivity contribution in [1.29, 1.82) is 0 Å². The van der Waals surface area contributed by atoms with E-state index in [-0.39, 0.29) is 11.6 Å². The molecule has 0 radical (unpaired) electrons. The molecule has 0 aliphatic rings. The number of hydrogen-bond donors (Lipinski definition) is 2. The van der Waals surface area contributed by atoms with Gasteiger partial charge in [-0.2, -0.15) is 0 Å². The average molecular weight is 327 g/mol. The molecule has 0 aromatic heterocycles. The van der Waals surface area contributed by atoms with E-state index in [9.17, 15) is 14.9 Å². The molecule has 2 N–H and O–H groups in total. The second-order valence-corrected chi connectivity index (χ2v) is 5.60. The number of nitrogens with zero attached hydrogens (tertiary/aromatic N) is 1. The molecule has 6 nitrogen and oxygen atoms in total. The molecule has 24 heavy (non-hydrogen) atoms. The number of carbonyl (C=O) groups excluding carboxylic acids is 1. The summed E-state index contributed by atoms with van der Waals surface area (Å²) >= 11 is 0. The van der Waals surface area contributed by atoms with Crippen LogP contribution in [0.1, 0.15) is 24.0 Å². The summed E-state index contributed by atoms with van der Waals surface area (Å²) < 4.78 is 0. The van der Waals surface area contributed by atoms with Crippen LogP contribution >= 0.6 is 0 Å². The Bertz CT molecular complexity index is 682. The summed E-state index contributed by atoms with van der Waals surface area (Å²) in [5.41, 5.74) is 3.15. The Kier molecular flexibility index (Phi) is 6.31. The lowest BCUT2D eigenvalue weighted by molar-refractivity contribution is -0.384. The molecule has 0 atom stereocenters. The van der Waals surface area contributed by atoms with Crippen molar-refractivity contribution >= 4 is 17.3 Å². The molecular formula is C18H21N3O3. The average Bonchev–Trinajstić information content (AvgIpc) is 2.58. The maximum absolute atomic E-state index is 11.8. The van der Waals surface area contributed by atoms with Gasteiger partial charge in [-0.25, -0.2) is 0 Å². The predicted molar refractivity (Wildman–Crippen MR) is 93.8 cm³/mol. The Balaban J connectivity index is 1.63. The van der Waals surface area contributed by atoms with E-state index in [1.54, 1.807) is 12.1 Å². The largest absolute Gasteiger partial charge is 0.385 e. The molecule has 126 valence electrons. The van der Waals surface area contributed by atoms with E-state index in [0.717, 1.165) is 11.3 Å². The Hall–Kier alpha value is -2.89. The smallest absolute Gasteiger partial charge is 0.269 e. The lowest BCUT2D eigenvalue weighted by Gasteiger charge is -2.07. The number of nitrogens with one attached hydrogen (secondary N) is 2. The molecule has 0 aliphatic carbocycles. The lowest BCUT2D eigenvalue weighted by atomic mass is 10.1. The van der Waals surface area contributed by atoms with Crippen LogP contribution in [0.15, 0.2) is 48.5 Å². The van der Waals surface area contributed by atoms with Gasteiger partial charge < -0.3 is 10.6 Å². The zero-order valence-corrected chi connectivity index (χ0v) is 13.6. The first kappa shape index (κ1) is 17.5. The number of hydrogen-bond acceptors (Lipinski definition) is 4. The van der Waals surface area contributed by atoms with Crippen molar-refractivity contribution in [2.75, 3.05) is 11.9 Å². The molecule has 0 unspecified atom stereocenters. The zero-order valence-electron chi connectivity index (χ0n) is 13.6. The number of benzene rings is 2.